The van der Waals surface area contributed by atoms with Gasteiger partial charge in [0.1, 0.15) is 6.54 Å². The van der Waals surface area contributed by atoms with E-state index in [-0.39, 0.29) is 17.9 Å². The smallest absolute Gasteiger partial charge is 0.405 e. The molecule has 0 atom stereocenters. The second kappa shape index (κ2) is 5.59. The van der Waals surface area contributed by atoms with Crippen molar-refractivity contribution in [2.45, 2.75) is 13.1 Å². The highest BCUT2D eigenvalue weighted by Crippen LogP contribution is 2.29. The number of alkyl halides is 3. The SMILES string of the molecule is CCN(CC(F)(F)F)c1cc(C(=O)O)nc2ccccc12. The quantitative estimate of drug-likeness (QED) is 0.940. The highest BCUT2D eigenvalue weighted by molar-refractivity contribution is 5.97. The number of anilines is 1. The lowest BCUT2D eigenvalue weighted by Crippen LogP contribution is -2.34. The molecule has 112 valence electrons. The van der Waals surface area contributed by atoms with E-state index in [0.29, 0.717) is 10.9 Å². The van der Waals surface area contributed by atoms with Crippen LogP contribution in [0, 0.1) is 0 Å². The fourth-order valence-corrected chi connectivity index (χ4v) is 2.11. The van der Waals surface area contributed by atoms with Gasteiger partial charge in [-0.1, -0.05) is 18.2 Å². The highest BCUT2D eigenvalue weighted by Gasteiger charge is 2.31. The fraction of sp³-hybridized carbons (Fsp3) is 0.286. The number of hydrogen-bond donors (Lipinski definition) is 1. The Kier molecular flexibility index (Phi) is 4.02. The van der Waals surface area contributed by atoms with Crippen molar-refractivity contribution in [1.29, 1.82) is 0 Å². The Morgan fingerprint density at radius 3 is 2.57 bits per heavy atom. The molecule has 2 rings (SSSR count). The number of rotatable bonds is 4. The van der Waals surface area contributed by atoms with Crippen molar-refractivity contribution in [3.05, 3.63) is 36.0 Å². The number of nitrogens with zero attached hydrogens (tertiary/aromatic N) is 2. The molecule has 0 aliphatic rings. The zero-order valence-corrected chi connectivity index (χ0v) is 11.2. The van der Waals surface area contributed by atoms with Gasteiger partial charge in [0.05, 0.1) is 5.52 Å². The summed E-state index contributed by atoms with van der Waals surface area (Å²) in [7, 11) is 0. The molecular formula is C14H13F3N2O2. The number of carboxylic acid groups (broad SMARTS) is 1. The maximum atomic E-state index is 12.7. The van der Waals surface area contributed by atoms with Gasteiger partial charge in [0.25, 0.3) is 0 Å². The van der Waals surface area contributed by atoms with Crippen molar-refractivity contribution in [3.8, 4) is 0 Å². The number of halogens is 3. The van der Waals surface area contributed by atoms with E-state index < -0.39 is 18.7 Å². The first-order chi connectivity index (χ1) is 9.81. The molecule has 1 heterocycles. The maximum absolute atomic E-state index is 12.7. The number of benzene rings is 1. The van der Waals surface area contributed by atoms with Crippen molar-refractivity contribution in [2.24, 2.45) is 0 Å². The monoisotopic (exact) mass is 298 g/mol. The van der Waals surface area contributed by atoms with Crippen molar-refractivity contribution in [1.82, 2.24) is 4.98 Å². The Labute approximate surface area is 118 Å². The Bertz CT molecular complexity index is 671. The fourth-order valence-electron chi connectivity index (χ4n) is 2.11. The standard InChI is InChI=1S/C14H13F3N2O2/c1-2-19(8-14(15,16)17)12-7-11(13(20)21)18-10-6-4-3-5-9(10)12/h3-7H,2,8H2,1H3,(H,20,21). The van der Waals surface area contributed by atoms with Crippen LogP contribution in [0.15, 0.2) is 30.3 Å². The van der Waals surface area contributed by atoms with E-state index >= 15 is 0 Å². The molecule has 1 aromatic heterocycles. The zero-order valence-electron chi connectivity index (χ0n) is 11.2. The van der Waals surface area contributed by atoms with Crippen LogP contribution in [-0.4, -0.2) is 35.3 Å². The first-order valence-electron chi connectivity index (χ1n) is 6.26. The number of carbonyl (C=O) groups is 1. The minimum Gasteiger partial charge on any atom is -0.477 e. The predicted molar refractivity (Wildman–Crippen MR) is 72.6 cm³/mol. The molecule has 0 bridgehead atoms. The second-order valence-corrected chi connectivity index (χ2v) is 4.48. The average Bonchev–Trinajstić information content (AvgIpc) is 2.42. The van der Waals surface area contributed by atoms with Gasteiger partial charge < -0.3 is 10.0 Å². The van der Waals surface area contributed by atoms with Gasteiger partial charge in [0, 0.05) is 17.6 Å². The molecule has 0 fully saturated rings. The number of hydrogen-bond acceptors (Lipinski definition) is 3. The van der Waals surface area contributed by atoms with E-state index in [9.17, 15) is 18.0 Å². The molecule has 21 heavy (non-hydrogen) atoms. The van der Waals surface area contributed by atoms with Gasteiger partial charge >= 0.3 is 12.1 Å². The van der Waals surface area contributed by atoms with Gasteiger partial charge in [-0.05, 0) is 19.1 Å². The second-order valence-electron chi connectivity index (χ2n) is 4.48. The van der Waals surface area contributed by atoms with Crippen LogP contribution in [0.25, 0.3) is 10.9 Å². The molecule has 0 spiro atoms. The maximum Gasteiger partial charge on any atom is 0.405 e. The lowest BCUT2D eigenvalue weighted by Gasteiger charge is -2.25. The van der Waals surface area contributed by atoms with Crippen LogP contribution < -0.4 is 4.90 Å². The van der Waals surface area contributed by atoms with Crippen LogP contribution in [0.2, 0.25) is 0 Å². The van der Waals surface area contributed by atoms with Crippen LogP contribution in [-0.2, 0) is 0 Å². The van der Waals surface area contributed by atoms with Crippen molar-refractivity contribution in [2.75, 3.05) is 18.0 Å². The molecule has 0 saturated heterocycles. The van der Waals surface area contributed by atoms with E-state index in [1.807, 2.05) is 0 Å². The lowest BCUT2D eigenvalue weighted by molar-refractivity contribution is -0.119. The summed E-state index contributed by atoms with van der Waals surface area (Å²) in [6.07, 6.45) is -4.37. The summed E-state index contributed by atoms with van der Waals surface area (Å²) in [5.41, 5.74) is 0.301. The topological polar surface area (TPSA) is 53.4 Å². The van der Waals surface area contributed by atoms with Crippen LogP contribution in [0.4, 0.5) is 18.9 Å². The molecular weight excluding hydrogens is 285 g/mol. The van der Waals surface area contributed by atoms with Crippen LogP contribution >= 0.6 is 0 Å². The molecule has 0 amide bonds. The van der Waals surface area contributed by atoms with Crippen molar-refractivity contribution in [3.63, 3.8) is 0 Å². The lowest BCUT2D eigenvalue weighted by atomic mass is 10.1. The van der Waals surface area contributed by atoms with E-state index in [1.165, 1.54) is 6.07 Å². The predicted octanol–water partition coefficient (Wildman–Crippen LogP) is 3.32. The molecule has 0 aliphatic carbocycles. The summed E-state index contributed by atoms with van der Waals surface area (Å²) in [5.74, 6) is -1.27. The summed E-state index contributed by atoms with van der Waals surface area (Å²) >= 11 is 0. The molecule has 0 aliphatic heterocycles. The van der Waals surface area contributed by atoms with E-state index in [2.05, 4.69) is 4.98 Å². The number of para-hydroxylation sites is 1. The van der Waals surface area contributed by atoms with Gasteiger partial charge in [0.2, 0.25) is 0 Å². The first-order valence-corrected chi connectivity index (χ1v) is 6.26. The summed E-state index contributed by atoms with van der Waals surface area (Å²) in [4.78, 5) is 16.1. The first kappa shape index (κ1) is 15.1. The van der Waals surface area contributed by atoms with E-state index in [0.717, 1.165) is 4.90 Å². The van der Waals surface area contributed by atoms with Crippen molar-refractivity contribution < 1.29 is 23.1 Å². The summed E-state index contributed by atoms with van der Waals surface area (Å²) in [6, 6.07) is 7.72. The minimum atomic E-state index is -4.37. The zero-order chi connectivity index (χ0) is 15.6. The Morgan fingerprint density at radius 2 is 2.00 bits per heavy atom. The number of aromatic nitrogens is 1. The third-order valence-electron chi connectivity index (χ3n) is 3.01. The molecule has 0 radical (unpaired) electrons. The minimum absolute atomic E-state index is 0.104. The Morgan fingerprint density at radius 1 is 1.33 bits per heavy atom. The molecule has 0 saturated carbocycles. The normalized spacial score (nSPS) is 11.6. The largest absolute Gasteiger partial charge is 0.477 e. The third-order valence-corrected chi connectivity index (χ3v) is 3.01. The summed E-state index contributed by atoms with van der Waals surface area (Å²) in [5, 5.41) is 9.55. The summed E-state index contributed by atoms with van der Waals surface area (Å²) < 4.78 is 38.0. The molecule has 1 aromatic carbocycles. The van der Waals surface area contributed by atoms with Crippen LogP contribution in [0.1, 0.15) is 17.4 Å². The number of pyridine rings is 1. The van der Waals surface area contributed by atoms with Crippen molar-refractivity contribution >= 4 is 22.6 Å². The molecule has 4 nitrogen and oxygen atoms in total. The van der Waals surface area contributed by atoms with Gasteiger partial charge in [0.15, 0.2) is 5.69 Å². The van der Waals surface area contributed by atoms with Gasteiger partial charge in [-0.25, -0.2) is 9.78 Å². The number of aromatic carboxylic acids is 1. The van der Waals surface area contributed by atoms with Gasteiger partial charge in [-0.3, -0.25) is 0 Å². The Hall–Kier alpha value is -2.31. The van der Waals surface area contributed by atoms with E-state index in [4.69, 9.17) is 5.11 Å². The van der Waals surface area contributed by atoms with Gasteiger partial charge in [-0.15, -0.1) is 0 Å². The van der Waals surface area contributed by atoms with E-state index in [1.54, 1.807) is 31.2 Å². The molecule has 2 aromatic rings. The highest BCUT2D eigenvalue weighted by atomic mass is 19.4. The molecule has 0 unspecified atom stereocenters. The Balaban J connectivity index is 2.61. The van der Waals surface area contributed by atoms with Crippen LogP contribution in [0.3, 0.4) is 0 Å². The number of carboxylic acids is 1. The average molecular weight is 298 g/mol. The summed E-state index contributed by atoms with van der Waals surface area (Å²) in [6.45, 7) is 0.546. The molecule has 7 heteroatoms. The van der Waals surface area contributed by atoms with Gasteiger partial charge in [-0.2, -0.15) is 13.2 Å². The third kappa shape index (κ3) is 3.42. The number of fused-ring (bicyclic) bond motifs is 1. The van der Waals surface area contributed by atoms with Crippen LogP contribution in [0.5, 0.6) is 0 Å². The molecule has 1 N–H and O–H groups in total.